The Labute approximate surface area is 128 Å². The fourth-order valence-electron chi connectivity index (χ4n) is 1.69. The molecule has 0 aliphatic rings. The van der Waals surface area contributed by atoms with Gasteiger partial charge < -0.3 is 11.1 Å². The molecule has 0 aliphatic heterocycles. The molecule has 1 aromatic heterocycles. The minimum absolute atomic E-state index is 0.211. The average Bonchev–Trinajstić information content (AvgIpc) is 2.53. The summed E-state index contributed by atoms with van der Waals surface area (Å²) in [4.78, 5) is 17.3. The number of hydrogen-bond donors (Lipinski definition) is 2. The lowest BCUT2D eigenvalue weighted by molar-refractivity contribution is 0.102. The van der Waals surface area contributed by atoms with Crippen LogP contribution in [0.4, 0.5) is 5.69 Å². The molecule has 0 unspecified atom stereocenters. The van der Waals surface area contributed by atoms with Crippen LogP contribution in [0.25, 0.3) is 0 Å². The number of hydrogen-bond acceptors (Lipinski definition) is 4. The number of benzene rings is 1. The van der Waals surface area contributed by atoms with Crippen LogP contribution in [-0.2, 0) is 0 Å². The third-order valence-corrected chi connectivity index (χ3v) is 3.39. The number of anilines is 1. The maximum Gasteiger partial charge on any atom is 0.257 e. The molecule has 0 atom stereocenters. The van der Waals surface area contributed by atoms with Crippen molar-refractivity contribution in [3.05, 3.63) is 53.9 Å². The molecule has 0 fully saturated rings. The standard InChI is InChI=1S/C16H15N3OS/c1-21-15-6-2-5-14(9-15)19-16(20)13-8-12(4-3-7-17)10-18-11-13/h2,5-6,8-11H,7,17H2,1H3,(H,19,20). The Balaban J connectivity index is 2.16. The van der Waals surface area contributed by atoms with Crippen molar-refractivity contribution in [2.45, 2.75) is 4.90 Å². The van der Waals surface area contributed by atoms with Crippen LogP contribution in [0.1, 0.15) is 15.9 Å². The van der Waals surface area contributed by atoms with E-state index < -0.39 is 0 Å². The SMILES string of the molecule is CSc1cccc(NC(=O)c2cncc(C#CCN)c2)c1. The summed E-state index contributed by atoms with van der Waals surface area (Å²) in [6.45, 7) is 0.276. The van der Waals surface area contributed by atoms with E-state index in [9.17, 15) is 4.79 Å². The van der Waals surface area contributed by atoms with Crippen molar-refractivity contribution in [2.75, 3.05) is 18.1 Å². The van der Waals surface area contributed by atoms with Gasteiger partial charge in [0.05, 0.1) is 12.1 Å². The van der Waals surface area contributed by atoms with Gasteiger partial charge in [-0.15, -0.1) is 11.8 Å². The second kappa shape index (κ2) is 7.48. The zero-order valence-electron chi connectivity index (χ0n) is 11.6. The first-order valence-corrected chi connectivity index (χ1v) is 7.55. The van der Waals surface area contributed by atoms with E-state index in [0.29, 0.717) is 11.1 Å². The van der Waals surface area contributed by atoms with Gasteiger partial charge in [0.1, 0.15) is 0 Å². The summed E-state index contributed by atoms with van der Waals surface area (Å²) in [6.07, 6.45) is 5.11. The Kier molecular flexibility index (Phi) is 5.38. The van der Waals surface area contributed by atoms with E-state index in [2.05, 4.69) is 22.1 Å². The highest BCUT2D eigenvalue weighted by Gasteiger charge is 2.07. The van der Waals surface area contributed by atoms with E-state index in [1.807, 2.05) is 30.5 Å². The lowest BCUT2D eigenvalue weighted by Gasteiger charge is -2.06. The molecule has 1 amide bonds. The summed E-state index contributed by atoms with van der Waals surface area (Å²) in [5, 5.41) is 2.85. The van der Waals surface area contributed by atoms with E-state index in [0.717, 1.165) is 10.6 Å². The summed E-state index contributed by atoms with van der Waals surface area (Å²) in [7, 11) is 0. The zero-order valence-corrected chi connectivity index (χ0v) is 12.4. The van der Waals surface area contributed by atoms with Crippen molar-refractivity contribution < 1.29 is 4.79 Å². The van der Waals surface area contributed by atoms with Crippen LogP contribution in [0.15, 0.2) is 47.6 Å². The van der Waals surface area contributed by atoms with E-state index in [-0.39, 0.29) is 12.5 Å². The predicted molar refractivity (Wildman–Crippen MR) is 86.3 cm³/mol. The smallest absolute Gasteiger partial charge is 0.257 e. The number of pyridine rings is 1. The maximum absolute atomic E-state index is 12.2. The van der Waals surface area contributed by atoms with Gasteiger partial charge in [-0.3, -0.25) is 9.78 Å². The van der Waals surface area contributed by atoms with Crippen LogP contribution in [0, 0.1) is 11.8 Å². The highest BCUT2D eigenvalue weighted by Crippen LogP contribution is 2.19. The quantitative estimate of drug-likeness (QED) is 0.674. The summed E-state index contributed by atoms with van der Waals surface area (Å²) in [5.41, 5.74) is 7.22. The Morgan fingerprint density at radius 1 is 1.38 bits per heavy atom. The molecule has 0 saturated heterocycles. The number of nitrogens with zero attached hydrogens (tertiary/aromatic N) is 1. The van der Waals surface area contributed by atoms with Crippen molar-refractivity contribution in [1.82, 2.24) is 4.98 Å². The van der Waals surface area contributed by atoms with E-state index in [4.69, 9.17) is 5.73 Å². The van der Waals surface area contributed by atoms with Gasteiger partial charge in [-0.25, -0.2) is 0 Å². The van der Waals surface area contributed by atoms with Crippen molar-refractivity contribution in [3.63, 3.8) is 0 Å². The summed E-state index contributed by atoms with van der Waals surface area (Å²) in [6, 6.07) is 9.37. The number of aromatic nitrogens is 1. The molecule has 1 heterocycles. The maximum atomic E-state index is 12.2. The van der Waals surface area contributed by atoms with Crippen LogP contribution in [0.3, 0.4) is 0 Å². The van der Waals surface area contributed by atoms with Gasteiger partial charge in [-0.2, -0.15) is 0 Å². The van der Waals surface area contributed by atoms with Crippen LogP contribution in [-0.4, -0.2) is 23.7 Å². The second-order valence-corrected chi connectivity index (χ2v) is 5.03. The Hall–Kier alpha value is -2.29. The summed E-state index contributed by atoms with van der Waals surface area (Å²) >= 11 is 1.62. The van der Waals surface area contributed by atoms with Crippen molar-refractivity contribution in [2.24, 2.45) is 5.73 Å². The van der Waals surface area contributed by atoms with Crippen LogP contribution in [0.2, 0.25) is 0 Å². The summed E-state index contributed by atoms with van der Waals surface area (Å²) < 4.78 is 0. The number of amides is 1. The molecule has 3 N–H and O–H groups in total. The van der Waals surface area contributed by atoms with Crippen molar-refractivity contribution >= 4 is 23.4 Å². The molecular formula is C16H15N3OS. The van der Waals surface area contributed by atoms with E-state index in [1.54, 1.807) is 24.0 Å². The van der Waals surface area contributed by atoms with Gasteiger partial charge in [-0.05, 0) is 30.5 Å². The first-order chi connectivity index (χ1) is 10.2. The molecule has 4 nitrogen and oxygen atoms in total. The fraction of sp³-hybridized carbons (Fsp3) is 0.125. The number of nitrogens with two attached hydrogens (primary N) is 1. The molecule has 2 rings (SSSR count). The fourth-order valence-corrected chi connectivity index (χ4v) is 2.15. The number of carbonyl (C=O) groups is 1. The van der Waals surface area contributed by atoms with Gasteiger partial charge in [0.2, 0.25) is 0 Å². The van der Waals surface area contributed by atoms with E-state index >= 15 is 0 Å². The zero-order chi connectivity index (χ0) is 15.1. The van der Waals surface area contributed by atoms with Crippen molar-refractivity contribution in [3.8, 4) is 11.8 Å². The highest BCUT2D eigenvalue weighted by atomic mass is 32.2. The molecule has 0 spiro atoms. The largest absolute Gasteiger partial charge is 0.322 e. The third-order valence-electron chi connectivity index (χ3n) is 2.66. The van der Waals surface area contributed by atoms with Gasteiger partial charge in [-0.1, -0.05) is 17.9 Å². The Bertz CT molecular complexity index is 704. The molecule has 21 heavy (non-hydrogen) atoms. The van der Waals surface area contributed by atoms with Gasteiger partial charge in [0.15, 0.2) is 0 Å². The molecule has 106 valence electrons. The van der Waals surface area contributed by atoms with E-state index in [1.165, 1.54) is 6.20 Å². The van der Waals surface area contributed by atoms with Crippen LogP contribution >= 0.6 is 11.8 Å². The monoisotopic (exact) mass is 297 g/mol. The average molecular weight is 297 g/mol. The number of rotatable bonds is 3. The Morgan fingerprint density at radius 3 is 3.00 bits per heavy atom. The van der Waals surface area contributed by atoms with Gasteiger partial charge in [0.25, 0.3) is 5.91 Å². The molecule has 0 saturated carbocycles. The molecule has 5 heteroatoms. The minimum atomic E-state index is -0.211. The minimum Gasteiger partial charge on any atom is -0.322 e. The highest BCUT2D eigenvalue weighted by molar-refractivity contribution is 7.98. The molecular weight excluding hydrogens is 282 g/mol. The number of nitrogens with one attached hydrogen (secondary N) is 1. The predicted octanol–water partition coefficient (Wildman–Crippen LogP) is 2.37. The molecule has 0 bridgehead atoms. The lowest BCUT2D eigenvalue weighted by atomic mass is 10.2. The summed E-state index contributed by atoms with van der Waals surface area (Å²) in [5.74, 6) is 5.39. The molecule has 0 radical (unpaired) electrons. The second-order valence-electron chi connectivity index (χ2n) is 4.15. The number of thioether (sulfide) groups is 1. The topological polar surface area (TPSA) is 68.0 Å². The third kappa shape index (κ3) is 4.35. The first kappa shape index (κ1) is 15.1. The molecule has 2 aromatic rings. The lowest BCUT2D eigenvalue weighted by Crippen LogP contribution is -2.12. The van der Waals surface area contributed by atoms with Crippen LogP contribution in [0.5, 0.6) is 0 Å². The molecule has 1 aromatic carbocycles. The first-order valence-electron chi connectivity index (χ1n) is 6.32. The van der Waals surface area contributed by atoms with Crippen LogP contribution < -0.4 is 11.1 Å². The Morgan fingerprint density at radius 2 is 2.24 bits per heavy atom. The normalized spacial score (nSPS) is 9.62. The van der Waals surface area contributed by atoms with Gasteiger partial charge in [0, 0.05) is 28.5 Å². The number of carbonyl (C=O) groups excluding carboxylic acids is 1. The van der Waals surface area contributed by atoms with Gasteiger partial charge >= 0.3 is 0 Å². The molecule has 0 aliphatic carbocycles. The van der Waals surface area contributed by atoms with Crippen molar-refractivity contribution in [1.29, 1.82) is 0 Å².